The lowest BCUT2D eigenvalue weighted by atomic mass is 10.2. The maximum absolute atomic E-state index is 11.2. The summed E-state index contributed by atoms with van der Waals surface area (Å²) in [5, 5.41) is 2.22. The van der Waals surface area contributed by atoms with Crippen LogP contribution in [0.2, 0.25) is 0 Å². The van der Waals surface area contributed by atoms with E-state index >= 15 is 0 Å². The fourth-order valence-electron chi connectivity index (χ4n) is 0.777. The second kappa shape index (κ2) is 6.53. The number of ketones is 1. The van der Waals surface area contributed by atoms with Gasteiger partial charge in [-0.2, -0.15) is 0 Å². The molecule has 1 N–H and O–H groups in total. The summed E-state index contributed by atoms with van der Waals surface area (Å²) < 4.78 is 4.63. The number of alkyl halides is 1. The molecule has 0 saturated heterocycles. The molecular formula is C8H12BrNO4. The Morgan fingerprint density at radius 2 is 2.00 bits per heavy atom. The van der Waals surface area contributed by atoms with Crippen molar-refractivity contribution in [3.63, 3.8) is 0 Å². The Labute approximate surface area is 90.3 Å². The average Bonchev–Trinajstić information content (AvgIpc) is 2.13. The number of hydrogen-bond donors (Lipinski definition) is 1. The maximum Gasteiger partial charge on any atom is 0.336 e. The lowest BCUT2D eigenvalue weighted by Crippen LogP contribution is -2.47. The van der Waals surface area contributed by atoms with Crippen molar-refractivity contribution in [1.29, 1.82) is 0 Å². The van der Waals surface area contributed by atoms with Gasteiger partial charge in [-0.1, -0.05) is 15.9 Å². The highest BCUT2D eigenvalue weighted by Gasteiger charge is 2.27. The van der Waals surface area contributed by atoms with Gasteiger partial charge in [0.2, 0.25) is 5.91 Å². The molecule has 0 aromatic carbocycles. The summed E-state index contributed by atoms with van der Waals surface area (Å²) in [7, 11) is 0. The van der Waals surface area contributed by atoms with E-state index in [9.17, 15) is 14.4 Å². The number of esters is 1. The van der Waals surface area contributed by atoms with E-state index < -0.39 is 23.7 Å². The zero-order valence-corrected chi connectivity index (χ0v) is 9.59. The smallest absolute Gasteiger partial charge is 0.336 e. The third-order valence-electron chi connectivity index (χ3n) is 1.32. The first-order valence-electron chi connectivity index (χ1n) is 4.05. The lowest BCUT2D eigenvalue weighted by Gasteiger charge is -2.13. The molecule has 0 radical (unpaired) electrons. The van der Waals surface area contributed by atoms with Crippen molar-refractivity contribution in [1.82, 2.24) is 5.32 Å². The van der Waals surface area contributed by atoms with E-state index in [2.05, 4.69) is 26.0 Å². The van der Waals surface area contributed by atoms with E-state index in [4.69, 9.17) is 0 Å². The quantitative estimate of drug-likeness (QED) is 0.432. The molecule has 5 nitrogen and oxygen atoms in total. The van der Waals surface area contributed by atoms with Crippen LogP contribution >= 0.6 is 15.9 Å². The minimum Gasteiger partial charge on any atom is -0.464 e. The van der Waals surface area contributed by atoms with Crippen molar-refractivity contribution < 1.29 is 19.1 Å². The molecule has 1 atom stereocenters. The molecule has 1 amide bonds. The summed E-state index contributed by atoms with van der Waals surface area (Å²) in [6, 6.07) is -1.20. The van der Waals surface area contributed by atoms with Crippen LogP contribution in [0.1, 0.15) is 13.8 Å². The van der Waals surface area contributed by atoms with Crippen LogP contribution < -0.4 is 5.32 Å². The number of rotatable bonds is 5. The van der Waals surface area contributed by atoms with Crippen LogP contribution in [0.4, 0.5) is 0 Å². The highest BCUT2D eigenvalue weighted by Crippen LogP contribution is 1.95. The Kier molecular flexibility index (Phi) is 6.11. The van der Waals surface area contributed by atoms with Crippen LogP contribution in [-0.2, 0) is 19.1 Å². The highest BCUT2D eigenvalue weighted by atomic mass is 79.9. The molecule has 0 aliphatic carbocycles. The molecule has 14 heavy (non-hydrogen) atoms. The summed E-state index contributed by atoms with van der Waals surface area (Å²) in [5.41, 5.74) is 0. The van der Waals surface area contributed by atoms with Crippen molar-refractivity contribution in [3.05, 3.63) is 0 Å². The second-order valence-electron chi connectivity index (χ2n) is 2.49. The molecule has 0 heterocycles. The van der Waals surface area contributed by atoms with Gasteiger partial charge in [0.25, 0.3) is 0 Å². The molecule has 0 bridgehead atoms. The van der Waals surface area contributed by atoms with Gasteiger partial charge in [0.05, 0.1) is 11.9 Å². The first-order chi connectivity index (χ1) is 6.52. The van der Waals surface area contributed by atoms with Gasteiger partial charge in [-0.05, 0) is 6.92 Å². The summed E-state index contributed by atoms with van der Waals surface area (Å²) in [5.74, 6) is -1.61. The van der Waals surface area contributed by atoms with Crippen molar-refractivity contribution in [2.24, 2.45) is 0 Å². The van der Waals surface area contributed by atoms with Gasteiger partial charge in [0, 0.05) is 6.92 Å². The number of ether oxygens (including phenoxy) is 1. The van der Waals surface area contributed by atoms with Crippen LogP contribution in [0.15, 0.2) is 0 Å². The molecule has 0 fully saturated rings. The Bertz CT molecular complexity index is 241. The summed E-state index contributed by atoms with van der Waals surface area (Å²) in [6.45, 7) is 3.03. The first kappa shape index (κ1) is 13.1. The third kappa shape index (κ3) is 4.36. The zero-order chi connectivity index (χ0) is 11.1. The molecule has 0 unspecified atom stereocenters. The normalized spacial score (nSPS) is 11.6. The number of nitrogens with one attached hydrogen (secondary N) is 1. The molecule has 0 spiro atoms. The Morgan fingerprint density at radius 1 is 1.43 bits per heavy atom. The molecular weight excluding hydrogens is 254 g/mol. The number of halogens is 1. The fraction of sp³-hybridized carbons (Fsp3) is 0.625. The largest absolute Gasteiger partial charge is 0.464 e. The lowest BCUT2D eigenvalue weighted by molar-refractivity contribution is -0.149. The topological polar surface area (TPSA) is 72.5 Å². The standard InChI is InChI=1S/C8H12BrNO4/c1-3-14-8(13)7(6(12)4-9)10-5(2)11/h7H,3-4H2,1-2H3,(H,10,11)/t7-/m1/s1. The molecule has 6 heteroatoms. The first-order valence-corrected chi connectivity index (χ1v) is 5.17. The van der Waals surface area contributed by atoms with E-state index in [0.717, 1.165) is 0 Å². The summed E-state index contributed by atoms with van der Waals surface area (Å²) in [4.78, 5) is 33.1. The number of amides is 1. The predicted octanol–water partition coefficient (Wildman–Crippen LogP) is 0.0182. The molecule has 0 aliphatic rings. The van der Waals surface area contributed by atoms with Gasteiger partial charge in [-0.3, -0.25) is 9.59 Å². The fourth-order valence-corrected chi connectivity index (χ4v) is 1.10. The minimum absolute atomic E-state index is 0.00321. The Morgan fingerprint density at radius 3 is 2.36 bits per heavy atom. The molecule has 0 aromatic heterocycles. The number of carbonyl (C=O) groups is 3. The van der Waals surface area contributed by atoms with Crippen LogP contribution in [0.5, 0.6) is 0 Å². The van der Waals surface area contributed by atoms with Gasteiger partial charge in [-0.25, -0.2) is 4.79 Å². The van der Waals surface area contributed by atoms with Crippen molar-refractivity contribution in [2.45, 2.75) is 19.9 Å². The second-order valence-corrected chi connectivity index (χ2v) is 3.05. The van der Waals surface area contributed by atoms with Crippen molar-refractivity contribution in [2.75, 3.05) is 11.9 Å². The van der Waals surface area contributed by atoms with Crippen LogP contribution in [0, 0.1) is 0 Å². The Balaban J connectivity index is 4.45. The maximum atomic E-state index is 11.2. The van der Waals surface area contributed by atoms with E-state index in [1.165, 1.54) is 6.92 Å². The zero-order valence-electron chi connectivity index (χ0n) is 8.00. The monoisotopic (exact) mass is 265 g/mol. The Hall–Kier alpha value is -0.910. The summed E-state index contributed by atoms with van der Waals surface area (Å²) >= 11 is 2.92. The van der Waals surface area contributed by atoms with E-state index in [0.29, 0.717) is 0 Å². The van der Waals surface area contributed by atoms with Gasteiger partial charge >= 0.3 is 5.97 Å². The minimum atomic E-state index is -1.20. The average molecular weight is 266 g/mol. The van der Waals surface area contributed by atoms with Gasteiger partial charge < -0.3 is 10.1 Å². The van der Waals surface area contributed by atoms with E-state index in [1.807, 2.05) is 0 Å². The van der Waals surface area contributed by atoms with Crippen molar-refractivity contribution >= 4 is 33.6 Å². The molecule has 0 aliphatic heterocycles. The van der Waals surface area contributed by atoms with Crippen molar-refractivity contribution in [3.8, 4) is 0 Å². The van der Waals surface area contributed by atoms with Gasteiger partial charge in [-0.15, -0.1) is 0 Å². The van der Waals surface area contributed by atoms with Crippen LogP contribution in [0.25, 0.3) is 0 Å². The number of hydrogen-bond acceptors (Lipinski definition) is 4. The number of carbonyl (C=O) groups excluding carboxylic acids is 3. The van der Waals surface area contributed by atoms with Crippen LogP contribution in [-0.4, -0.2) is 35.6 Å². The third-order valence-corrected chi connectivity index (χ3v) is 1.88. The van der Waals surface area contributed by atoms with E-state index in [1.54, 1.807) is 6.92 Å². The molecule has 0 aromatic rings. The predicted molar refractivity (Wildman–Crippen MR) is 53.0 cm³/mol. The van der Waals surface area contributed by atoms with Gasteiger partial charge in [0.15, 0.2) is 11.8 Å². The highest BCUT2D eigenvalue weighted by molar-refractivity contribution is 9.09. The summed E-state index contributed by atoms with van der Waals surface area (Å²) in [6.07, 6.45) is 0. The SMILES string of the molecule is CCOC(=O)[C@H](NC(C)=O)C(=O)CBr. The molecule has 0 rings (SSSR count). The van der Waals surface area contributed by atoms with E-state index in [-0.39, 0.29) is 11.9 Å². The molecule has 80 valence electrons. The van der Waals surface area contributed by atoms with Crippen LogP contribution in [0.3, 0.4) is 0 Å². The molecule has 0 saturated carbocycles. The van der Waals surface area contributed by atoms with Gasteiger partial charge in [0.1, 0.15) is 0 Å². The number of Topliss-reactive ketones (excluding diaryl/α,β-unsaturated/α-hetero) is 1.